The van der Waals surface area contributed by atoms with Crippen molar-refractivity contribution in [2.45, 2.75) is 45.7 Å². The van der Waals surface area contributed by atoms with Gasteiger partial charge in [-0.25, -0.2) is 4.98 Å². The van der Waals surface area contributed by atoms with Gasteiger partial charge < -0.3 is 5.32 Å². The van der Waals surface area contributed by atoms with Crippen LogP contribution in [0, 0.1) is 12.8 Å². The molecule has 1 aromatic carbocycles. The molecule has 1 N–H and O–H groups in total. The van der Waals surface area contributed by atoms with Gasteiger partial charge in [-0.2, -0.15) is 0 Å². The van der Waals surface area contributed by atoms with Crippen molar-refractivity contribution >= 4 is 17.2 Å². The molecule has 5 heteroatoms. The Kier molecular flexibility index (Phi) is 6.21. The maximum absolute atomic E-state index is 12.3. The molecule has 0 spiro atoms. The molecule has 2 aromatic rings. The molecule has 25 heavy (non-hydrogen) atoms. The summed E-state index contributed by atoms with van der Waals surface area (Å²) in [6.45, 7) is 7.17. The van der Waals surface area contributed by atoms with Gasteiger partial charge in [-0.05, 0) is 51.3 Å². The van der Waals surface area contributed by atoms with Gasteiger partial charge in [0, 0.05) is 18.3 Å². The van der Waals surface area contributed by atoms with Gasteiger partial charge >= 0.3 is 0 Å². The lowest BCUT2D eigenvalue weighted by Gasteiger charge is -2.31. The third-order valence-electron chi connectivity index (χ3n) is 4.89. The van der Waals surface area contributed by atoms with E-state index in [2.05, 4.69) is 45.5 Å². The number of carbonyl (C=O) groups excluding carboxylic acids is 1. The smallest absolute Gasteiger partial charge is 0.220 e. The van der Waals surface area contributed by atoms with E-state index in [1.165, 1.54) is 5.56 Å². The van der Waals surface area contributed by atoms with E-state index >= 15 is 0 Å². The molecule has 1 aliphatic rings. The molecule has 0 bridgehead atoms. The molecule has 4 nitrogen and oxygen atoms in total. The van der Waals surface area contributed by atoms with Gasteiger partial charge in [-0.3, -0.25) is 9.69 Å². The zero-order valence-corrected chi connectivity index (χ0v) is 15.9. The normalized spacial score (nSPS) is 17.4. The topological polar surface area (TPSA) is 45.2 Å². The number of thiazole rings is 1. The SMILES string of the molecule is Cc1nc([C@@H](C)NC(=O)CC2CCN(Cc3ccccc3)CC2)cs1. The van der Waals surface area contributed by atoms with Crippen LogP contribution < -0.4 is 5.32 Å². The van der Waals surface area contributed by atoms with Gasteiger partial charge in [0.05, 0.1) is 16.7 Å². The van der Waals surface area contributed by atoms with E-state index in [9.17, 15) is 4.79 Å². The van der Waals surface area contributed by atoms with Crippen LogP contribution in [-0.4, -0.2) is 28.9 Å². The Balaban J connectivity index is 1.40. The van der Waals surface area contributed by atoms with Crippen molar-refractivity contribution in [3.8, 4) is 0 Å². The molecule has 1 saturated heterocycles. The third kappa shape index (κ3) is 5.38. The van der Waals surface area contributed by atoms with Crippen molar-refractivity contribution in [3.05, 3.63) is 52.0 Å². The number of benzene rings is 1. The van der Waals surface area contributed by atoms with E-state index in [1.54, 1.807) is 11.3 Å². The van der Waals surface area contributed by atoms with Crippen molar-refractivity contribution in [1.29, 1.82) is 0 Å². The molecule has 0 radical (unpaired) electrons. The first kappa shape index (κ1) is 18.1. The van der Waals surface area contributed by atoms with E-state index in [0.717, 1.165) is 43.2 Å². The summed E-state index contributed by atoms with van der Waals surface area (Å²) < 4.78 is 0. The number of piperidine rings is 1. The standard InChI is InChI=1S/C20H27N3OS/c1-15(19-14-25-16(2)22-19)21-20(24)12-17-8-10-23(11-9-17)13-18-6-4-3-5-7-18/h3-7,14-15,17H,8-13H2,1-2H3,(H,21,24)/t15-/m1/s1. The van der Waals surface area contributed by atoms with Crippen molar-refractivity contribution in [2.24, 2.45) is 5.92 Å². The van der Waals surface area contributed by atoms with Crippen LogP contribution in [0.5, 0.6) is 0 Å². The minimum absolute atomic E-state index is 0.00406. The molecular formula is C20H27N3OS. The predicted octanol–water partition coefficient (Wildman–Crippen LogP) is 3.93. The summed E-state index contributed by atoms with van der Waals surface area (Å²) in [4.78, 5) is 19.3. The Bertz CT molecular complexity index is 677. The van der Waals surface area contributed by atoms with Crippen LogP contribution in [0.3, 0.4) is 0 Å². The number of likely N-dealkylation sites (tertiary alicyclic amines) is 1. The van der Waals surface area contributed by atoms with E-state index in [-0.39, 0.29) is 11.9 Å². The Morgan fingerprint density at radius 1 is 1.32 bits per heavy atom. The minimum Gasteiger partial charge on any atom is -0.348 e. The van der Waals surface area contributed by atoms with Gasteiger partial charge in [0.25, 0.3) is 0 Å². The van der Waals surface area contributed by atoms with Gasteiger partial charge in [0.1, 0.15) is 0 Å². The number of amides is 1. The number of aromatic nitrogens is 1. The average molecular weight is 358 g/mol. The van der Waals surface area contributed by atoms with Crippen LogP contribution in [0.4, 0.5) is 0 Å². The molecule has 0 aliphatic carbocycles. The molecule has 0 saturated carbocycles. The first-order chi connectivity index (χ1) is 12.1. The molecule has 1 fully saturated rings. The maximum Gasteiger partial charge on any atom is 0.220 e. The second-order valence-electron chi connectivity index (χ2n) is 6.99. The molecular weight excluding hydrogens is 330 g/mol. The van der Waals surface area contributed by atoms with Crippen LogP contribution >= 0.6 is 11.3 Å². The quantitative estimate of drug-likeness (QED) is 0.852. The highest BCUT2D eigenvalue weighted by molar-refractivity contribution is 7.09. The molecule has 134 valence electrons. The number of rotatable bonds is 6. The summed E-state index contributed by atoms with van der Waals surface area (Å²) >= 11 is 1.63. The summed E-state index contributed by atoms with van der Waals surface area (Å²) in [6.07, 6.45) is 2.83. The number of hydrogen-bond acceptors (Lipinski definition) is 4. The summed E-state index contributed by atoms with van der Waals surface area (Å²) in [6, 6.07) is 10.6. The number of nitrogens with zero attached hydrogens (tertiary/aromatic N) is 2. The largest absolute Gasteiger partial charge is 0.348 e. The van der Waals surface area contributed by atoms with Crippen molar-refractivity contribution in [3.63, 3.8) is 0 Å². The molecule has 0 unspecified atom stereocenters. The fourth-order valence-corrected chi connectivity index (χ4v) is 4.11. The number of hydrogen-bond donors (Lipinski definition) is 1. The van der Waals surface area contributed by atoms with Crippen LogP contribution in [0.25, 0.3) is 0 Å². The highest BCUT2D eigenvalue weighted by Gasteiger charge is 2.22. The predicted molar refractivity (Wildman–Crippen MR) is 102 cm³/mol. The van der Waals surface area contributed by atoms with E-state index in [1.807, 2.05) is 19.2 Å². The van der Waals surface area contributed by atoms with E-state index in [4.69, 9.17) is 0 Å². The van der Waals surface area contributed by atoms with E-state index < -0.39 is 0 Å². The Labute approximate surface area is 154 Å². The molecule has 2 heterocycles. The second kappa shape index (κ2) is 8.59. The summed E-state index contributed by atoms with van der Waals surface area (Å²) in [5.41, 5.74) is 2.33. The van der Waals surface area contributed by atoms with Gasteiger partial charge in [0.2, 0.25) is 5.91 Å². The maximum atomic E-state index is 12.3. The monoisotopic (exact) mass is 357 g/mol. The lowest BCUT2D eigenvalue weighted by Crippen LogP contribution is -2.36. The van der Waals surface area contributed by atoms with Crippen molar-refractivity contribution in [1.82, 2.24) is 15.2 Å². The third-order valence-corrected chi connectivity index (χ3v) is 5.68. The molecule has 3 rings (SSSR count). The molecule has 1 aliphatic heterocycles. The van der Waals surface area contributed by atoms with Gasteiger partial charge in [-0.1, -0.05) is 30.3 Å². The minimum atomic E-state index is -0.00406. The first-order valence-corrected chi connectivity index (χ1v) is 9.96. The van der Waals surface area contributed by atoms with Crippen LogP contribution in [-0.2, 0) is 11.3 Å². The van der Waals surface area contributed by atoms with Crippen molar-refractivity contribution < 1.29 is 4.79 Å². The highest BCUT2D eigenvalue weighted by Crippen LogP contribution is 2.23. The highest BCUT2D eigenvalue weighted by atomic mass is 32.1. The second-order valence-corrected chi connectivity index (χ2v) is 8.05. The number of nitrogens with one attached hydrogen (secondary N) is 1. The van der Waals surface area contributed by atoms with Crippen LogP contribution in [0.2, 0.25) is 0 Å². The zero-order valence-electron chi connectivity index (χ0n) is 15.1. The lowest BCUT2D eigenvalue weighted by molar-refractivity contribution is -0.123. The summed E-state index contributed by atoms with van der Waals surface area (Å²) in [7, 11) is 0. The fraction of sp³-hybridized carbons (Fsp3) is 0.500. The molecule has 1 amide bonds. The summed E-state index contributed by atoms with van der Waals surface area (Å²) in [5.74, 6) is 0.649. The van der Waals surface area contributed by atoms with Crippen LogP contribution in [0.15, 0.2) is 35.7 Å². The van der Waals surface area contributed by atoms with Gasteiger partial charge in [-0.15, -0.1) is 11.3 Å². The number of aryl methyl sites for hydroxylation is 1. The summed E-state index contributed by atoms with van der Waals surface area (Å²) in [5, 5.41) is 6.17. The molecule has 1 atom stereocenters. The zero-order chi connectivity index (χ0) is 17.6. The average Bonchev–Trinajstić information content (AvgIpc) is 3.04. The Morgan fingerprint density at radius 2 is 2.04 bits per heavy atom. The fourth-order valence-electron chi connectivity index (χ4n) is 3.41. The first-order valence-electron chi connectivity index (χ1n) is 9.08. The molecule has 1 aromatic heterocycles. The Morgan fingerprint density at radius 3 is 2.68 bits per heavy atom. The Hall–Kier alpha value is -1.72. The van der Waals surface area contributed by atoms with Crippen LogP contribution in [0.1, 0.15) is 48.5 Å². The lowest BCUT2D eigenvalue weighted by atomic mass is 9.93. The van der Waals surface area contributed by atoms with E-state index in [0.29, 0.717) is 12.3 Å². The number of carbonyl (C=O) groups is 1. The van der Waals surface area contributed by atoms with Gasteiger partial charge in [0.15, 0.2) is 0 Å². The van der Waals surface area contributed by atoms with Crippen molar-refractivity contribution in [2.75, 3.05) is 13.1 Å².